The van der Waals surface area contributed by atoms with Crippen LogP contribution in [-0.4, -0.2) is 20.7 Å². The molecule has 0 saturated carbocycles. The molecule has 0 unspecified atom stereocenters. The van der Waals surface area contributed by atoms with Crippen molar-refractivity contribution >= 4 is 27.7 Å². The topological polar surface area (TPSA) is 67.2 Å². The van der Waals surface area contributed by atoms with Crippen LogP contribution >= 0.6 is 0 Å². The molecular weight excluding hydrogens is 302 g/mol. The number of hydroxylamine groups is 1. The van der Waals surface area contributed by atoms with Gasteiger partial charge >= 0.3 is 0 Å². The molecule has 24 heavy (non-hydrogen) atoms. The van der Waals surface area contributed by atoms with Gasteiger partial charge in [0, 0.05) is 28.0 Å². The first kappa shape index (κ1) is 14.4. The van der Waals surface area contributed by atoms with E-state index in [1.165, 1.54) is 17.0 Å². The SMILES string of the molecule is O=C(NO)c1ccc(Cn2c3ccccc3c3ccccc32)nc1. The predicted octanol–water partition coefficient (Wildman–Crippen LogP) is 3.36. The lowest BCUT2D eigenvalue weighted by Crippen LogP contribution is -2.18. The maximum Gasteiger partial charge on any atom is 0.276 e. The number of aromatic nitrogens is 2. The van der Waals surface area contributed by atoms with Crippen molar-refractivity contribution in [3.8, 4) is 0 Å². The van der Waals surface area contributed by atoms with Gasteiger partial charge in [-0.2, -0.15) is 0 Å². The minimum absolute atomic E-state index is 0.323. The number of nitrogens with one attached hydrogen (secondary N) is 1. The molecule has 5 nitrogen and oxygen atoms in total. The molecule has 1 amide bonds. The van der Waals surface area contributed by atoms with Crippen LogP contribution in [0.4, 0.5) is 0 Å². The Balaban J connectivity index is 1.80. The van der Waals surface area contributed by atoms with E-state index >= 15 is 0 Å². The quantitative estimate of drug-likeness (QED) is 0.450. The number of pyridine rings is 1. The second kappa shape index (κ2) is 5.79. The number of para-hydroxylation sites is 2. The van der Waals surface area contributed by atoms with Crippen LogP contribution in [0.1, 0.15) is 16.1 Å². The van der Waals surface area contributed by atoms with Crippen LogP contribution in [0.3, 0.4) is 0 Å². The fourth-order valence-corrected chi connectivity index (χ4v) is 3.05. The van der Waals surface area contributed by atoms with Crippen molar-refractivity contribution in [2.45, 2.75) is 6.54 Å². The molecule has 5 heteroatoms. The van der Waals surface area contributed by atoms with E-state index in [0.717, 1.165) is 16.7 Å². The van der Waals surface area contributed by atoms with E-state index in [1.807, 2.05) is 24.3 Å². The van der Waals surface area contributed by atoms with Gasteiger partial charge in [-0.05, 0) is 24.3 Å². The van der Waals surface area contributed by atoms with Crippen LogP contribution in [0.15, 0.2) is 66.9 Å². The van der Waals surface area contributed by atoms with Crippen molar-refractivity contribution in [1.82, 2.24) is 15.0 Å². The zero-order valence-electron chi connectivity index (χ0n) is 12.8. The van der Waals surface area contributed by atoms with Gasteiger partial charge in [0.2, 0.25) is 0 Å². The van der Waals surface area contributed by atoms with Gasteiger partial charge in [0.25, 0.3) is 5.91 Å². The molecule has 0 fully saturated rings. The summed E-state index contributed by atoms with van der Waals surface area (Å²) in [6.07, 6.45) is 1.47. The van der Waals surface area contributed by atoms with Crippen molar-refractivity contribution in [1.29, 1.82) is 0 Å². The van der Waals surface area contributed by atoms with E-state index in [1.54, 1.807) is 17.6 Å². The average Bonchev–Trinajstić information content (AvgIpc) is 2.96. The second-order valence-electron chi connectivity index (χ2n) is 5.60. The summed E-state index contributed by atoms with van der Waals surface area (Å²) >= 11 is 0. The van der Waals surface area contributed by atoms with Gasteiger partial charge < -0.3 is 4.57 Å². The van der Waals surface area contributed by atoms with Crippen LogP contribution in [0.5, 0.6) is 0 Å². The Hall–Kier alpha value is -3.18. The van der Waals surface area contributed by atoms with Gasteiger partial charge in [0.05, 0.1) is 17.8 Å². The molecule has 4 rings (SSSR count). The molecule has 2 heterocycles. The summed E-state index contributed by atoms with van der Waals surface area (Å²) in [5.74, 6) is -0.564. The van der Waals surface area contributed by atoms with Gasteiger partial charge in [-0.25, -0.2) is 5.48 Å². The third kappa shape index (κ3) is 2.31. The van der Waals surface area contributed by atoms with Gasteiger partial charge in [-0.15, -0.1) is 0 Å². The number of carbonyl (C=O) groups excluding carboxylic acids is 1. The van der Waals surface area contributed by atoms with E-state index < -0.39 is 5.91 Å². The fourth-order valence-electron chi connectivity index (χ4n) is 3.05. The molecule has 0 bridgehead atoms. The first-order chi connectivity index (χ1) is 11.8. The first-order valence-electron chi connectivity index (χ1n) is 7.63. The number of hydrogen-bond donors (Lipinski definition) is 2. The number of benzene rings is 2. The summed E-state index contributed by atoms with van der Waals surface area (Å²) in [5.41, 5.74) is 5.08. The van der Waals surface area contributed by atoms with E-state index in [0.29, 0.717) is 12.1 Å². The smallest absolute Gasteiger partial charge is 0.276 e. The summed E-state index contributed by atoms with van der Waals surface area (Å²) in [7, 11) is 0. The summed E-state index contributed by atoms with van der Waals surface area (Å²) < 4.78 is 2.22. The minimum Gasteiger partial charge on any atom is -0.334 e. The first-order valence-corrected chi connectivity index (χ1v) is 7.63. The molecule has 118 valence electrons. The molecular formula is C19H15N3O2. The predicted molar refractivity (Wildman–Crippen MR) is 92.0 cm³/mol. The highest BCUT2D eigenvalue weighted by Crippen LogP contribution is 2.29. The van der Waals surface area contributed by atoms with Crippen molar-refractivity contribution in [2.75, 3.05) is 0 Å². The zero-order valence-corrected chi connectivity index (χ0v) is 12.8. The summed E-state index contributed by atoms with van der Waals surface area (Å²) in [6.45, 7) is 0.606. The Kier molecular flexibility index (Phi) is 3.48. The highest BCUT2D eigenvalue weighted by Gasteiger charge is 2.11. The maximum atomic E-state index is 11.4. The van der Waals surface area contributed by atoms with E-state index in [2.05, 4.69) is 33.8 Å². The lowest BCUT2D eigenvalue weighted by molar-refractivity contribution is 0.0706. The Morgan fingerprint density at radius 1 is 0.958 bits per heavy atom. The van der Waals surface area contributed by atoms with E-state index in [-0.39, 0.29) is 0 Å². The molecule has 0 aliphatic heterocycles. The Morgan fingerprint density at radius 3 is 2.12 bits per heavy atom. The monoisotopic (exact) mass is 317 g/mol. The van der Waals surface area contributed by atoms with Crippen molar-refractivity contribution in [3.63, 3.8) is 0 Å². The summed E-state index contributed by atoms with van der Waals surface area (Å²) in [6, 6.07) is 20.0. The van der Waals surface area contributed by atoms with Crippen LogP contribution in [0, 0.1) is 0 Å². The van der Waals surface area contributed by atoms with Crippen molar-refractivity contribution in [3.05, 3.63) is 78.1 Å². The van der Waals surface area contributed by atoms with Gasteiger partial charge in [-0.3, -0.25) is 15.0 Å². The highest BCUT2D eigenvalue weighted by molar-refractivity contribution is 6.08. The third-order valence-corrected chi connectivity index (χ3v) is 4.19. The Labute approximate surface area is 138 Å². The molecule has 2 N–H and O–H groups in total. The lowest BCUT2D eigenvalue weighted by atomic mass is 10.2. The normalized spacial score (nSPS) is 11.0. The van der Waals surface area contributed by atoms with Crippen molar-refractivity contribution < 1.29 is 10.0 Å². The number of amides is 1. The number of hydrogen-bond acceptors (Lipinski definition) is 3. The number of nitrogens with zero attached hydrogens (tertiary/aromatic N) is 2. The van der Waals surface area contributed by atoms with E-state index in [4.69, 9.17) is 5.21 Å². The van der Waals surface area contributed by atoms with Crippen LogP contribution < -0.4 is 5.48 Å². The molecule has 0 radical (unpaired) electrons. The largest absolute Gasteiger partial charge is 0.334 e. The summed E-state index contributed by atoms with van der Waals surface area (Å²) in [5, 5.41) is 11.1. The lowest BCUT2D eigenvalue weighted by Gasteiger charge is -2.07. The van der Waals surface area contributed by atoms with Gasteiger partial charge in [-0.1, -0.05) is 36.4 Å². The molecule has 2 aromatic carbocycles. The Bertz CT molecular complexity index is 982. The second-order valence-corrected chi connectivity index (χ2v) is 5.60. The van der Waals surface area contributed by atoms with Crippen LogP contribution in [0.2, 0.25) is 0 Å². The van der Waals surface area contributed by atoms with Crippen molar-refractivity contribution in [2.24, 2.45) is 0 Å². The molecule has 0 spiro atoms. The molecule has 0 saturated heterocycles. The average molecular weight is 317 g/mol. The standard InChI is InChI=1S/C19H15N3O2/c23-19(21-24)13-9-10-14(20-11-13)12-22-17-7-3-1-5-15(17)16-6-2-4-8-18(16)22/h1-11,24H,12H2,(H,21,23). The Morgan fingerprint density at radius 2 is 1.58 bits per heavy atom. The molecule has 4 aromatic rings. The minimum atomic E-state index is -0.564. The number of rotatable bonds is 3. The van der Waals surface area contributed by atoms with Gasteiger partial charge in [0.1, 0.15) is 0 Å². The molecule has 0 aliphatic rings. The number of fused-ring (bicyclic) bond motifs is 3. The third-order valence-electron chi connectivity index (χ3n) is 4.19. The van der Waals surface area contributed by atoms with Crippen LogP contribution in [0.25, 0.3) is 21.8 Å². The van der Waals surface area contributed by atoms with E-state index in [9.17, 15) is 4.79 Å². The fraction of sp³-hybridized carbons (Fsp3) is 0.0526. The highest BCUT2D eigenvalue weighted by atomic mass is 16.5. The maximum absolute atomic E-state index is 11.4. The number of carbonyl (C=O) groups is 1. The zero-order chi connectivity index (χ0) is 16.5. The molecule has 2 aromatic heterocycles. The van der Waals surface area contributed by atoms with Gasteiger partial charge in [0.15, 0.2) is 0 Å². The molecule has 0 atom stereocenters. The van der Waals surface area contributed by atoms with Crippen LogP contribution in [-0.2, 0) is 6.54 Å². The summed E-state index contributed by atoms with van der Waals surface area (Å²) in [4.78, 5) is 15.7. The molecule has 0 aliphatic carbocycles.